The van der Waals surface area contributed by atoms with Crippen molar-refractivity contribution in [2.24, 2.45) is 10.9 Å². The molecule has 2 aliphatic rings. The summed E-state index contributed by atoms with van der Waals surface area (Å²) in [6, 6.07) is 1.17. The van der Waals surface area contributed by atoms with E-state index >= 15 is 0 Å². The number of piperazine rings is 1. The predicted molar refractivity (Wildman–Crippen MR) is 63.7 cm³/mol. The Morgan fingerprint density at radius 1 is 1.44 bits per heavy atom. The Balaban J connectivity index is 1.95. The molecular formula is C11H22N4O. The maximum absolute atomic E-state index is 8.61. The van der Waals surface area contributed by atoms with Gasteiger partial charge in [-0.2, -0.15) is 0 Å². The summed E-state index contributed by atoms with van der Waals surface area (Å²) >= 11 is 0. The molecule has 5 nitrogen and oxygen atoms in total. The Morgan fingerprint density at radius 3 is 3.00 bits per heavy atom. The van der Waals surface area contributed by atoms with Gasteiger partial charge in [0.2, 0.25) is 0 Å². The van der Waals surface area contributed by atoms with Crippen LogP contribution in [0.15, 0.2) is 5.16 Å². The minimum absolute atomic E-state index is 0.316. The topological polar surface area (TPSA) is 65.1 Å². The van der Waals surface area contributed by atoms with Gasteiger partial charge in [0, 0.05) is 25.2 Å². The van der Waals surface area contributed by atoms with Gasteiger partial charge in [0.05, 0.1) is 6.54 Å². The average molecular weight is 226 g/mol. The molecule has 0 aromatic heterocycles. The number of hydrogen-bond donors (Lipinski definition) is 2. The van der Waals surface area contributed by atoms with E-state index in [2.05, 4.69) is 21.9 Å². The first-order chi connectivity index (χ1) is 7.70. The van der Waals surface area contributed by atoms with Gasteiger partial charge in [-0.05, 0) is 26.3 Å². The number of piperidine rings is 1. The van der Waals surface area contributed by atoms with Crippen molar-refractivity contribution in [3.8, 4) is 0 Å². The summed E-state index contributed by atoms with van der Waals surface area (Å²) in [5, 5.41) is 11.7. The minimum atomic E-state index is 0.316. The van der Waals surface area contributed by atoms with E-state index in [9.17, 15) is 0 Å². The van der Waals surface area contributed by atoms with E-state index in [-0.39, 0.29) is 0 Å². The zero-order valence-corrected chi connectivity index (χ0v) is 9.97. The van der Waals surface area contributed by atoms with Gasteiger partial charge in [0.15, 0.2) is 5.84 Å². The van der Waals surface area contributed by atoms with Gasteiger partial charge >= 0.3 is 0 Å². The van der Waals surface area contributed by atoms with Crippen molar-refractivity contribution < 1.29 is 5.21 Å². The fourth-order valence-corrected chi connectivity index (χ4v) is 2.87. The normalized spacial score (nSPS) is 33.7. The lowest BCUT2D eigenvalue weighted by Crippen LogP contribution is -2.59. The molecule has 2 saturated heterocycles. The van der Waals surface area contributed by atoms with E-state index in [1.165, 1.54) is 25.8 Å². The number of fused-ring (bicyclic) bond motifs is 1. The highest BCUT2D eigenvalue weighted by Gasteiger charge is 2.32. The van der Waals surface area contributed by atoms with E-state index < -0.39 is 0 Å². The molecule has 3 N–H and O–H groups in total. The summed E-state index contributed by atoms with van der Waals surface area (Å²) in [5.74, 6) is 0.316. The monoisotopic (exact) mass is 226 g/mol. The first-order valence-corrected chi connectivity index (χ1v) is 6.15. The van der Waals surface area contributed by atoms with Crippen molar-refractivity contribution in [3.63, 3.8) is 0 Å². The average Bonchev–Trinajstić information content (AvgIpc) is 2.30. The van der Waals surface area contributed by atoms with Crippen LogP contribution in [0.4, 0.5) is 0 Å². The standard InChI is InChI=1S/C11H22N4O/c1-9-6-14-5-3-2-4-10(14)7-15(9)8-11(12)13-16/h9-10,16H,2-8H2,1H3,(H2,12,13). The number of rotatable bonds is 2. The van der Waals surface area contributed by atoms with Gasteiger partial charge in [-0.25, -0.2) is 0 Å². The molecule has 0 spiro atoms. The molecule has 0 aromatic rings. The smallest absolute Gasteiger partial charge is 0.153 e. The van der Waals surface area contributed by atoms with Crippen LogP contribution in [0.5, 0.6) is 0 Å². The number of hydrogen-bond acceptors (Lipinski definition) is 4. The molecule has 0 bridgehead atoms. The van der Waals surface area contributed by atoms with Crippen LogP contribution < -0.4 is 5.73 Å². The number of nitrogens with two attached hydrogens (primary N) is 1. The molecule has 16 heavy (non-hydrogen) atoms. The number of oxime groups is 1. The lowest BCUT2D eigenvalue weighted by atomic mass is 9.97. The highest BCUT2D eigenvalue weighted by molar-refractivity contribution is 5.81. The first-order valence-electron chi connectivity index (χ1n) is 6.15. The van der Waals surface area contributed by atoms with Crippen LogP contribution in [0, 0.1) is 0 Å². The predicted octanol–water partition coefficient (Wildman–Crippen LogP) is 0.291. The molecule has 2 rings (SSSR count). The molecule has 0 aromatic carbocycles. The van der Waals surface area contributed by atoms with Crippen molar-refractivity contribution in [3.05, 3.63) is 0 Å². The summed E-state index contributed by atoms with van der Waals surface area (Å²) < 4.78 is 0. The lowest BCUT2D eigenvalue weighted by molar-refractivity contribution is 0.0232. The van der Waals surface area contributed by atoms with Gasteiger partial charge in [-0.1, -0.05) is 11.6 Å². The molecule has 5 heteroatoms. The van der Waals surface area contributed by atoms with Crippen LogP contribution in [0.3, 0.4) is 0 Å². The Bertz CT molecular complexity index is 269. The highest BCUT2D eigenvalue weighted by Crippen LogP contribution is 2.23. The van der Waals surface area contributed by atoms with E-state index in [4.69, 9.17) is 10.9 Å². The van der Waals surface area contributed by atoms with E-state index in [1.54, 1.807) is 0 Å². The van der Waals surface area contributed by atoms with E-state index in [0.717, 1.165) is 13.1 Å². The SMILES string of the molecule is CC1CN2CCCCC2CN1CC(N)=NO. The molecular weight excluding hydrogens is 204 g/mol. The second kappa shape index (κ2) is 5.01. The molecule has 2 unspecified atom stereocenters. The van der Waals surface area contributed by atoms with Gasteiger partial charge < -0.3 is 10.9 Å². The first kappa shape index (κ1) is 11.7. The Kier molecular flexibility index (Phi) is 3.66. The van der Waals surface area contributed by atoms with Crippen molar-refractivity contribution in [2.45, 2.75) is 38.3 Å². The molecule has 0 saturated carbocycles. The third-order valence-corrected chi connectivity index (χ3v) is 3.81. The van der Waals surface area contributed by atoms with Crippen LogP contribution in [0.1, 0.15) is 26.2 Å². The molecule has 0 radical (unpaired) electrons. The fraction of sp³-hybridized carbons (Fsp3) is 0.909. The Morgan fingerprint density at radius 2 is 2.25 bits per heavy atom. The van der Waals surface area contributed by atoms with Gasteiger partial charge in [0.25, 0.3) is 0 Å². The largest absolute Gasteiger partial charge is 0.409 e. The zero-order valence-electron chi connectivity index (χ0n) is 9.97. The second-order valence-electron chi connectivity index (χ2n) is 5.01. The Labute approximate surface area is 96.9 Å². The van der Waals surface area contributed by atoms with Crippen molar-refractivity contribution >= 4 is 5.84 Å². The second-order valence-corrected chi connectivity index (χ2v) is 5.01. The van der Waals surface area contributed by atoms with E-state index in [1.807, 2.05) is 0 Å². The van der Waals surface area contributed by atoms with Crippen LogP contribution in [0.2, 0.25) is 0 Å². The van der Waals surface area contributed by atoms with Crippen molar-refractivity contribution in [1.29, 1.82) is 0 Å². The van der Waals surface area contributed by atoms with Gasteiger partial charge in [-0.3, -0.25) is 9.80 Å². The molecule has 2 heterocycles. The maximum atomic E-state index is 8.61. The van der Waals surface area contributed by atoms with Crippen molar-refractivity contribution in [2.75, 3.05) is 26.2 Å². The molecule has 0 aliphatic carbocycles. The van der Waals surface area contributed by atoms with Crippen LogP contribution in [0.25, 0.3) is 0 Å². The summed E-state index contributed by atoms with van der Waals surface area (Å²) in [4.78, 5) is 4.92. The summed E-state index contributed by atoms with van der Waals surface area (Å²) in [5.41, 5.74) is 5.58. The molecule has 0 amide bonds. The van der Waals surface area contributed by atoms with E-state index in [0.29, 0.717) is 24.5 Å². The summed E-state index contributed by atoms with van der Waals surface area (Å²) in [6.45, 7) is 6.21. The van der Waals surface area contributed by atoms with Crippen molar-refractivity contribution in [1.82, 2.24) is 9.80 Å². The molecule has 92 valence electrons. The fourth-order valence-electron chi connectivity index (χ4n) is 2.87. The molecule has 2 fully saturated rings. The number of amidine groups is 1. The molecule has 2 aliphatic heterocycles. The molecule has 2 atom stereocenters. The van der Waals surface area contributed by atoms with Crippen LogP contribution in [-0.2, 0) is 0 Å². The summed E-state index contributed by atoms with van der Waals surface area (Å²) in [6.07, 6.45) is 3.97. The van der Waals surface area contributed by atoms with Crippen LogP contribution >= 0.6 is 0 Å². The Hall–Kier alpha value is -0.810. The summed E-state index contributed by atoms with van der Waals surface area (Å²) in [7, 11) is 0. The highest BCUT2D eigenvalue weighted by atomic mass is 16.4. The van der Waals surface area contributed by atoms with Gasteiger partial charge in [0.1, 0.15) is 0 Å². The quantitative estimate of drug-likeness (QED) is 0.307. The van der Waals surface area contributed by atoms with Crippen LogP contribution in [-0.4, -0.2) is 59.1 Å². The van der Waals surface area contributed by atoms with Gasteiger partial charge in [-0.15, -0.1) is 0 Å². The maximum Gasteiger partial charge on any atom is 0.153 e. The zero-order chi connectivity index (χ0) is 11.5. The lowest BCUT2D eigenvalue weighted by Gasteiger charge is -2.47. The number of nitrogens with zero attached hydrogens (tertiary/aromatic N) is 3. The third kappa shape index (κ3) is 2.47. The minimum Gasteiger partial charge on any atom is -0.409 e. The third-order valence-electron chi connectivity index (χ3n) is 3.81.